The smallest absolute Gasteiger partial charge is 0.249 e. The van der Waals surface area contributed by atoms with Gasteiger partial charge < -0.3 is 5.32 Å². The van der Waals surface area contributed by atoms with Crippen LogP contribution >= 0.6 is 11.3 Å². The minimum atomic E-state index is -0.187. The van der Waals surface area contributed by atoms with E-state index in [9.17, 15) is 4.79 Å². The Morgan fingerprint density at radius 3 is 3.13 bits per heavy atom. The van der Waals surface area contributed by atoms with E-state index in [1.165, 1.54) is 6.08 Å². The summed E-state index contributed by atoms with van der Waals surface area (Å²) in [7, 11) is 0. The van der Waals surface area contributed by atoms with Crippen molar-refractivity contribution < 1.29 is 4.79 Å². The molecule has 0 saturated carbocycles. The molecular formula is C10H9N3OS. The third kappa shape index (κ3) is 2.78. The van der Waals surface area contributed by atoms with E-state index >= 15 is 0 Å². The van der Waals surface area contributed by atoms with E-state index in [1.54, 1.807) is 29.7 Å². The number of aromatic nitrogens is 2. The summed E-state index contributed by atoms with van der Waals surface area (Å²) in [5, 5.41) is 13.0. The summed E-state index contributed by atoms with van der Waals surface area (Å²) in [4.78, 5) is 11.4. The van der Waals surface area contributed by atoms with Crippen LogP contribution in [-0.4, -0.2) is 16.1 Å². The molecule has 0 radical (unpaired) electrons. The molecule has 0 aromatic carbocycles. The summed E-state index contributed by atoms with van der Waals surface area (Å²) in [6, 6.07) is 3.64. The van der Waals surface area contributed by atoms with E-state index in [-0.39, 0.29) is 5.91 Å². The molecule has 2 aromatic heterocycles. The maximum atomic E-state index is 11.4. The average Bonchev–Trinajstić information content (AvgIpc) is 2.86. The molecule has 0 fully saturated rings. The lowest BCUT2D eigenvalue weighted by Gasteiger charge is -1.94. The van der Waals surface area contributed by atoms with Crippen molar-refractivity contribution in [3.8, 4) is 0 Å². The van der Waals surface area contributed by atoms with Crippen molar-refractivity contribution in [1.82, 2.24) is 10.2 Å². The first-order valence-corrected chi connectivity index (χ1v) is 5.30. The van der Waals surface area contributed by atoms with Crippen molar-refractivity contribution in [1.29, 1.82) is 0 Å². The molecular weight excluding hydrogens is 210 g/mol. The lowest BCUT2D eigenvalue weighted by atomic mass is 10.3. The Bertz CT molecular complexity index is 445. The van der Waals surface area contributed by atoms with Gasteiger partial charge in [-0.1, -0.05) is 0 Å². The monoisotopic (exact) mass is 219 g/mol. The molecule has 2 N–H and O–H groups in total. The Labute approximate surface area is 90.6 Å². The molecule has 0 aliphatic carbocycles. The SMILES string of the molecule is O=C(C=Cc1ccsc1)Nc1cc[nH]n1. The van der Waals surface area contributed by atoms with Crippen LogP contribution in [0.3, 0.4) is 0 Å². The van der Waals surface area contributed by atoms with Crippen molar-refractivity contribution in [2.45, 2.75) is 0 Å². The van der Waals surface area contributed by atoms with Crippen molar-refractivity contribution in [2.24, 2.45) is 0 Å². The maximum absolute atomic E-state index is 11.4. The minimum Gasteiger partial charge on any atom is -0.306 e. The van der Waals surface area contributed by atoms with E-state index in [2.05, 4.69) is 15.5 Å². The molecule has 0 aliphatic rings. The summed E-state index contributed by atoms with van der Waals surface area (Å²) in [6.07, 6.45) is 4.90. The highest BCUT2D eigenvalue weighted by atomic mass is 32.1. The van der Waals surface area contributed by atoms with Gasteiger partial charge in [-0.25, -0.2) is 0 Å². The summed E-state index contributed by atoms with van der Waals surface area (Å²) in [6.45, 7) is 0. The van der Waals surface area contributed by atoms with Gasteiger partial charge in [-0.3, -0.25) is 9.89 Å². The van der Waals surface area contributed by atoms with Crippen LogP contribution in [0.5, 0.6) is 0 Å². The number of carbonyl (C=O) groups is 1. The molecule has 2 heterocycles. The molecule has 0 aliphatic heterocycles. The first kappa shape index (κ1) is 9.67. The van der Waals surface area contributed by atoms with Crippen LogP contribution in [0.15, 0.2) is 35.2 Å². The van der Waals surface area contributed by atoms with Gasteiger partial charge in [0.1, 0.15) is 0 Å². The highest BCUT2D eigenvalue weighted by Crippen LogP contribution is 2.07. The summed E-state index contributed by atoms with van der Waals surface area (Å²) >= 11 is 1.60. The molecule has 1 amide bonds. The summed E-state index contributed by atoms with van der Waals surface area (Å²) < 4.78 is 0. The van der Waals surface area contributed by atoms with E-state index in [0.717, 1.165) is 5.56 Å². The number of hydrogen-bond acceptors (Lipinski definition) is 3. The first-order chi connectivity index (χ1) is 7.34. The third-order valence-corrected chi connectivity index (χ3v) is 2.42. The van der Waals surface area contributed by atoms with Gasteiger partial charge in [-0.15, -0.1) is 0 Å². The van der Waals surface area contributed by atoms with Crippen molar-refractivity contribution in [3.05, 3.63) is 40.7 Å². The van der Waals surface area contributed by atoms with Crippen molar-refractivity contribution in [2.75, 3.05) is 5.32 Å². The van der Waals surface area contributed by atoms with Crippen LogP contribution in [0.2, 0.25) is 0 Å². The zero-order chi connectivity index (χ0) is 10.5. The molecule has 0 spiro atoms. The molecule has 5 heteroatoms. The van der Waals surface area contributed by atoms with E-state index in [4.69, 9.17) is 0 Å². The normalized spacial score (nSPS) is 10.7. The zero-order valence-corrected chi connectivity index (χ0v) is 8.62. The topological polar surface area (TPSA) is 57.8 Å². The van der Waals surface area contributed by atoms with Gasteiger partial charge >= 0.3 is 0 Å². The number of hydrogen-bond donors (Lipinski definition) is 2. The molecule has 76 valence electrons. The van der Waals surface area contributed by atoms with E-state index in [1.807, 2.05) is 16.8 Å². The van der Waals surface area contributed by atoms with Crippen LogP contribution < -0.4 is 5.32 Å². The van der Waals surface area contributed by atoms with Crippen LogP contribution in [-0.2, 0) is 4.79 Å². The molecule has 2 rings (SSSR count). The number of H-pyrrole nitrogens is 1. The Kier molecular flexibility index (Phi) is 2.94. The molecule has 2 aromatic rings. The van der Waals surface area contributed by atoms with Gasteiger partial charge in [0.25, 0.3) is 0 Å². The number of nitrogens with one attached hydrogen (secondary N) is 2. The highest BCUT2D eigenvalue weighted by molar-refractivity contribution is 7.08. The largest absolute Gasteiger partial charge is 0.306 e. The lowest BCUT2D eigenvalue weighted by molar-refractivity contribution is -0.111. The van der Waals surface area contributed by atoms with Gasteiger partial charge in [0, 0.05) is 18.3 Å². The van der Waals surface area contributed by atoms with Crippen molar-refractivity contribution >= 4 is 29.1 Å². The van der Waals surface area contributed by atoms with Gasteiger partial charge in [0.15, 0.2) is 5.82 Å². The fraction of sp³-hybridized carbons (Fsp3) is 0. The molecule has 0 saturated heterocycles. The molecule has 0 atom stereocenters. The Balaban J connectivity index is 1.93. The highest BCUT2D eigenvalue weighted by Gasteiger charge is 1.98. The van der Waals surface area contributed by atoms with Crippen LogP contribution in [0.1, 0.15) is 5.56 Å². The Hall–Kier alpha value is -1.88. The van der Waals surface area contributed by atoms with Gasteiger partial charge in [0.05, 0.1) is 0 Å². The van der Waals surface area contributed by atoms with Crippen molar-refractivity contribution in [3.63, 3.8) is 0 Å². The predicted octanol–water partition coefficient (Wildman–Crippen LogP) is 2.12. The number of carbonyl (C=O) groups excluding carboxylic acids is 1. The number of amides is 1. The maximum Gasteiger partial charge on any atom is 0.249 e. The molecule has 0 unspecified atom stereocenters. The van der Waals surface area contributed by atoms with Gasteiger partial charge in [-0.05, 0) is 28.5 Å². The quantitative estimate of drug-likeness (QED) is 0.777. The number of thiophene rings is 1. The van der Waals surface area contributed by atoms with Gasteiger partial charge in [0.2, 0.25) is 5.91 Å². The Morgan fingerprint density at radius 2 is 2.47 bits per heavy atom. The summed E-state index contributed by atoms with van der Waals surface area (Å²) in [5.74, 6) is 0.336. The third-order valence-electron chi connectivity index (χ3n) is 1.72. The first-order valence-electron chi connectivity index (χ1n) is 4.35. The number of aromatic amines is 1. The zero-order valence-electron chi connectivity index (χ0n) is 7.81. The number of rotatable bonds is 3. The van der Waals surface area contributed by atoms with Crippen LogP contribution in [0, 0.1) is 0 Å². The molecule has 4 nitrogen and oxygen atoms in total. The standard InChI is InChI=1S/C10H9N3OS/c14-10(12-9-3-5-11-13-9)2-1-8-4-6-15-7-8/h1-7H,(H2,11,12,13,14). The molecule has 15 heavy (non-hydrogen) atoms. The van der Waals surface area contributed by atoms with Gasteiger partial charge in [-0.2, -0.15) is 16.4 Å². The van der Waals surface area contributed by atoms with E-state index < -0.39 is 0 Å². The fourth-order valence-corrected chi connectivity index (χ4v) is 1.67. The fourth-order valence-electron chi connectivity index (χ4n) is 1.04. The number of nitrogens with zero attached hydrogens (tertiary/aromatic N) is 1. The lowest BCUT2D eigenvalue weighted by Crippen LogP contribution is -2.07. The Morgan fingerprint density at radius 1 is 1.53 bits per heavy atom. The second-order valence-electron chi connectivity index (χ2n) is 2.84. The average molecular weight is 219 g/mol. The second-order valence-corrected chi connectivity index (χ2v) is 3.62. The predicted molar refractivity (Wildman–Crippen MR) is 60.6 cm³/mol. The minimum absolute atomic E-state index is 0.187. The number of anilines is 1. The van der Waals surface area contributed by atoms with Crippen LogP contribution in [0.4, 0.5) is 5.82 Å². The summed E-state index contributed by atoms with van der Waals surface area (Å²) in [5.41, 5.74) is 1.03. The molecule has 0 bridgehead atoms. The van der Waals surface area contributed by atoms with E-state index in [0.29, 0.717) is 5.82 Å². The second kappa shape index (κ2) is 4.56. The van der Waals surface area contributed by atoms with Crippen LogP contribution in [0.25, 0.3) is 6.08 Å².